The molecule has 0 spiro atoms. The first-order chi connectivity index (χ1) is 9.70. The Kier molecular flexibility index (Phi) is 3.36. The Bertz CT molecular complexity index is 746. The van der Waals surface area contributed by atoms with E-state index in [1.807, 2.05) is 18.2 Å². The summed E-state index contributed by atoms with van der Waals surface area (Å²) >= 11 is 1.63. The average molecular weight is 284 g/mol. The molecule has 0 bridgehead atoms. The third kappa shape index (κ3) is 2.14. The van der Waals surface area contributed by atoms with Gasteiger partial charge >= 0.3 is 0 Å². The van der Waals surface area contributed by atoms with Crippen LogP contribution >= 0.6 is 11.3 Å². The van der Waals surface area contributed by atoms with E-state index in [1.54, 1.807) is 18.4 Å². The summed E-state index contributed by atoms with van der Waals surface area (Å²) in [4.78, 5) is 13.0. The first kappa shape index (κ1) is 13.0. The summed E-state index contributed by atoms with van der Waals surface area (Å²) in [6.07, 6.45) is 2.62. The van der Waals surface area contributed by atoms with Crippen LogP contribution < -0.4 is 4.74 Å². The molecule has 20 heavy (non-hydrogen) atoms. The van der Waals surface area contributed by atoms with Gasteiger partial charge in [-0.1, -0.05) is 26.0 Å². The lowest BCUT2D eigenvalue weighted by Crippen LogP contribution is -1.93. The molecule has 0 aliphatic heterocycles. The number of thiazole rings is 1. The Morgan fingerprint density at radius 2 is 2.10 bits per heavy atom. The van der Waals surface area contributed by atoms with Crippen LogP contribution in [0.1, 0.15) is 25.5 Å². The molecule has 3 rings (SSSR count). The van der Waals surface area contributed by atoms with Gasteiger partial charge in [0.2, 0.25) is 12.2 Å². The predicted octanol–water partition coefficient (Wildman–Crippen LogP) is 3.69. The zero-order chi connectivity index (χ0) is 14.1. The molecule has 5 heteroatoms. The van der Waals surface area contributed by atoms with E-state index in [2.05, 4.69) is 35.5 Å². The van der Waals surface area contributed by atoms with E-state index >= 15 is 0 Å². The van der Waals surface area contributed by atoms with E-state index in [4.69, 9.17) is 9.72 Å². The van der Waals surface area contributed by atoms with Crippen molar-refractivity contribution in [1.82, 2.24) is 15.0 Å². The maximum atomic E-state index is 5.34. The number of nitrogens with zero attached hydrogens (tertiary/aromatic N) is 3. The van der Waals surface area contributed by atoms with Crippen LogP contribution in [0, 0.1) is 6.33 Å². The highest BCUT2D eigenvalue weighted by atomic mass is 32.1. The van der Waals surface area contributed by atoms with Gasteiger partial charge in [0.05, 0.1) is 23.7 Å². The number of benzene rings is 1. The normalized spacial score (nSPS) is 11.2. The lowest BCUT2D eigenvalue weighted by Gasteiger charge is -2.06. The minimum Gasteiger partial charge on any atom is -0.480 e. The molecule has 0 atom stereocenters. The van der Waals surface area contributed by atoms with Crippen molar-refractivity contribution in [1.29, 1.82) is 0 Å². The molecule has 0 saturated carbocycles. The van der Waals surface area contributed by atoms with E-state index < -0.39 is 0 Å². The highest BCUT2D eigenvalue weighted by Gasteiger charge is 2.14. The molecule has 0 fully saturated rings. The highest BCUT2D eigenvalue weighted by molar-refractivity contribution is 7.13. The zero-order valence-corrected chi connectivity index (χ0v) is 12.4. The number of aromatic nitrogens is 3. The number of ether oxygens (including phenoxy) is 1. The van der Waals surface area contributed by atoms with Crippen molar-refractivity contribution in [2.24, 2.45) is 0 Å². The fourth-order valence-electron chi connectivity index (χ4n) is 2.04. The van der Waals surface area contributed by atoms with Gasteiger partial charge < -0.3 is 4.74 Å². The van der Waals surface area contributed by atoms with Crippen molar-refractivity contribution in [3.63, 3.8) is 0 Å². The summed E-state index contributed by atoms with van der Waals surface area (Å²) in [6, 6.07) is 5.92. The number of hydrogen-bond donors (Lipinski definition) is 0. The minimum absolute atomic E-state index is 0.418. The van der Waals surface area contributed by atoms with Gasteiger partial charge in [0, 0.05) is 10.9 Å². The van der Waals surface area contributed by atoms with E-state index in [-0.39, 0.29) is 0 Å². The van der Waals surface area contributed by atoms with Crippen molar-refractivity contribution < 1.29 is 4.74 Å². The highest BCUT2D eigenvalue weighted by Crippen LogP contribution is 2.35. The maximum absolute atomic E-state index is 5.34. The molecule has 4 nitrogen and oxygen atoms in total. The topological polar surface area (TPSA) is 47.9 Å². The van der Waals surface area contributed by atoms with Crippen LogP contribution in [0.5, 0.6) is 5.88 Å². The summed E-state index contributed by atoms with van der Waals surface area (Å²) in [5.74, 6) is 0.952. The van der Waals surface area contributed by atoms with Gasteiger partial charge in [0.1, 0.15) is 5.01 Å². The van der Waals surface area contributed by atoms with Crippen LogP contribution in [-0.2, 0) is 0 Å². The molecule has 1 radical (unpaired) electrons. The third-order valence-corrected chi connectivity index (χ3v) is 4.01. The first-order valence-electron chi connectivity index (χ1n) is 6.37. The van der Waals surface area contributed by atoms with Crippen molar-refractivity contribution in [3.8, 4) is 16.5 Å². The molecule has 0 unspecified atom stereocenters. The fourth-order valence-corrected chi connectivity index (χ4v) is 3.05. The fraction of sp³-hybridized carbons (Fsp3) is 0.267. The molecule has 0 amide bonds. The molecular weight excluding hydrogens is 270 g/mol. The van der Waals surface area contributed by atoms with E-state index in [9.17, 15) is 0 Å². The van der Waals surface area contributed by atoms with Gasteiger partial charge in [-0.05, 0) is 12.0 Å². The van der Waals surface area contributed by atoms with Crippen LogP contribution in [0.2, 0.25) is 0 Å². The van der Waals surface area contributed by atoms with Gasteiger partial charge in [-0.2, -0.15) is 4.98 Å². The van der Waals surface area contributed by atoms with Crippen LogP contribution in [0.25, 0.3) is 21.5 Å². The van der Waals surface area contributed by atoms with Crippen molar-refractivity contribution in [3.05, 3.63) is 35.6 Å². The molecule has 0 saturated heterocycles. The monoisotopic (exact) mass is 284 g/mol. The Labute approximate surface area is 121 Å². The Hall–Kier alpha value is -2.01. The Morgan fingerprint density at radius 1 is 1.25 bits per heavy atom. The molecule has 0 aliphatic rings. The Morgan fingerprint density at radius 3 is 2.80 bits per heavy atom. The zero-order valence-electron chi connectivity index (χ0n) is 11.5. The van der Waals surface area contributed by atoms with Gasteiger partial charge in [-0.25, -0.2) is 9.97 Å². The number of fused-ring (bicyclic) bond motifs is 1. The van der Waals surface area contributed by atoms with E-state index in [0.29, 0.717) is 11.8 Å². The Balaban J connectivity index is 2.24. The largest absolute Gasteiger partial charge is 0.480 e. The van der Waals surface area contributed by atoms with Crippen LogP contribution in [0.15, 0.2) is 23.6 Å². The molecular formula is C15H14N3OS. The predicted molar refractivity (Wildman–Crippen MR) is 80.1 cm³/mol. The second-order valence-electron chi connectivity index (χ2n) is 4.76. The third-order valence-electron chi connectivity index (χ3n) is 3.12. The van der Waals surface area contributed by atoms with Crippen molar-refractivity contribution in [2.45, 2.75) is 19.8 Å². The van der Waals surface area contributed by atoms with Crippen LogP contribution in [0.3, 0.4) is 0 Å². The van der Waals surface area contributed by atoms with Gasteiger partial charge in [0.15, 0.2) is 0 Å². The molecule has 101 valence electrons. The molecule has 3 aromatic rings. The molecule has 0 aliphatic carbocycles. The number of hydrogen-bond acceptors (Lipinski definition) is 5. The standard InChI is InChI=1S/C15H14N3OS/c1-9(2)12-7-20-15(18-12)10-5-4-6-11-13(10)14(19-3)17-8-16-11/h4-7,9H,1-3H3. The summed E-state index contributed by atoms with van der Waals surface area (Å²) in [7, 11) is 1.60. The van der Waals surface area contributed by atoms with Gasteiger partial charge in [-0.15, -0.1) is 11.3 Å². The molecule has 2 heterocycles. The van der Waals surface area contributed by atoms with Crippen molar-refractivity contribution in [2.75, 3.05) is 7.11 Å². The quantitative estimate of drug-likeness (QED) is 0.736. The molecule has 1 aromatic carbocycles. The van der Waals surface area contributed by atoms with E-state index in [1.165, 1.54) is 0 Å². The molecule has 0 N–H and O–H groups in total. The summed E-state index contributed by atoms with van der Waals surface area (Å²) in [5.41, 5.74) is 2.92. The second-order valence-corrected chi connectivity index (χ2v) is 5.62. The maximum Gasteiger partial charge on any atom is 0.225 e. The van der Waals surface area contributed by atoms with Crippen LogP contribution in [0.4, 0.5) is 0 Å². The number of rotatable bonds is 3. The summed E-state index contributed by atoms with van der Waals surface area (Å²) < 4.78 is 5.34. The van der Waals surface area contributed by atoms with Crippen molar-refractivity contribution >= 4 is 22.2 Å². The number of methoxy groups -OCH3 is 1. The smallest absolute Gasteiger partial charge is 0.225 e. The van der Waals surface area contributed by atoms with E-state index in [0.717, 1.165) is 27.2 Å². The SMILES string of the molecule is COc1n[c]nc2cccc(-c3nc(C(C)C)cs3)c12. The van der Waals surface area contributed by atoms with Crippen LogP contribution in [-0.4, -0.2) is 22.1 Å². The summed E-state index contributed by atoms with van der Waals surface area (Å²) in [6.45, 7) is 4.28. The lowest BCUT2D eigenvalue weighted by atomic mass is 10.1. The lowest BCUT2D eigenvalue weighted by molar-refractivity contribution is 0.402. The minimum atomic E-state index is 0.418. The molecule has 2 aromatic heterocycles. The first-order valence-corrected chi connectivity index (χ1v) is 7.25. The second kappa shape index (κ2) is 5.17. The van der Waals surface area contributed by atoms with Gasteiger partial charge in [0.25, 0.3) is 0 Å². The van der Waals surface area contributed by atoms with Gasteiger partial charge in [-0.3, -0.25) is 0 Å². The summed E-state index contributed by atoms with van der Waals surface area (Å²) in [5, 5.41) is 3.95. The average Bonchev–Trinajstić information content (AvgIpc) is 2.96.